The summed E-state index contributed by atoms with van der Waals surface area (Å²) < 4.78 is 27.7. The summed E-state index contributed by atoms with van der Waals surface area (Å²) in [5.74, 6) is -2.30. The molecule has 0 aliphatic rings. The third-order valence-electron chi connectivity index (χ3n) is 3.05. The van der Waals surface area contributed by atoms with E-state index < -0.39 is 34.4 Å². The molecule has 0 saturated heterocycles. The minimum Gasteiger partial charge on any atom is -0.292 e. The third-order valence-corrected chi connectivity index (χ3v) is 3.05. The van der Waals surface area contributed by atoms with Crippen LogP contribution in [0, 0.1) is 35.6 Å². The number of aryl methyl sites for hydroxylation is 1. The Morgan fingerprint density at radius 3 is 2.62 bits per heavy atom. The van der Waals surface area contributed by atoms with Crippen molar-refractivity contribution in [1.82, 2.24) is 9.78 Å². The summed E-state index contributed by atoms with van der Waals surface area (Å²) in [5, 5.41) is 14.8. The molecule has 0 aliphatic carbocycles. The number of halogens is 2. The molecule has 0 aliphatic heterocycles. The van der Waals surface area contributed by atoms with E-state index in [-0.39, 0.29) is 17.1 Å². The van der Waals surface area contributed by atoms with Crippen molar-refractivity contribution in [2.24, 2.45) is 0 Å². The van der Waals surface area contributed by atoms with Crippen LogP contribution in [-0.4, -0.2) is 20.5 Å². The Kier molecular flexibility index (Phi) is 3.79. The Hall–Kier alpha value is -2.64. The maximum Gasteiger partial charge on any atom is 0.312 e. The number of carbonyl (C=O) groups excluding carboxylic acids is 1. The second-order valence-corrected chi connectivity index (χ2v) is 4.48. The number of rotatable bonds is 4. The van der Waals surface area contributed by atoms with Crippen LogP contribution >= 0.6 is 0 Å². The Morgan fingerprint density at radius 1 is 1.38 bits per heavy atom. The highest BCUT2D eigenvalue weighted by atomic mass is 19.1. The van der Waals surface area contributed by atoms with E-state index in [0.717, 1.165) is 22.9 Å². The molecule has 0 amide bonds. The molecular weight excluding hydrogens is 284 g/mol. The summed E-state index contributed by atoms with van der Waals surface area (Å²) in [6.45, 7) is 2.48. The fraction of sp³-hybridized carbons (Fsp3) is 0.231. The highest BCUT2D eigenvalue weighted by Crippen LogP contribution is 2.22. The normalized spacial score (nSPS) is 10.7. The zero-order chi connectivity index (χ0) is 15.7. The van der Waals surface area contributed by atoms with E-state index in [9.17, 15) is 23.7 Å². The van der Waals surface area contributed by atoms with E-state index in [1.807, 2.05) is 0 Å². The van der Waals surface area contributed by atoms with Gasteiger partial charge in [-0.25, -0.2) is 8.78 Å². The van der Waals surface area contributed by atoms with Gasteiger partial charge in [-0.2, -0.15) is 5.10 Å². The number of aromatic nitrogens is 2. The number of hydrogen-bond acceptors (Lipinski definition) is 4. The lowest BCUT2D eigenvalue weighted by atomic mass is 10.1. The van der Waals surface area contributed by atoms with E-state index in [0.29, 0.717) is 0 Å². The SMILES string of the molecule is Cc1nn(CC(=O)c2cc(F)ccc2F)c(C)c1[N+](=O)[O-]. The van der Waals surface area contributed by atoms with E-state index in [2.05, 4.69) is 5.10 Å². The van der Waals surface area contributed by atoms with Gasteiger partial charge < -0.3 is 0 Å². The molecule has 0 bridgehead atoms. The van der Waals surface area contributed by atoms with Crippen LogP contribution in [0.25, 0.3) is 0 Å². The van der Waals surface area contributed by atoms with Gasteiger partial charge in [0, 0.05) is 0 Å². The fourth-order valence-corrected chi connectivity index (χ4v) is 2.04. The molecule has 21 heavy (non-hydrogen) atoms. The largest absolute Gasteiger partial charge is 0.312 e. The van der Waals surface area contributed by atoms with Crippen LogP contribution in [0.4, 0.5) is 14.5 Å². The molecule has 0 saturated carbocycles. The number of Topliss-reactive ketones (excluding diaryl/α,β-unsaturated/α-hetero) is 1. The molecule has 8 heteroatoms. The maximum atomic E-state index is 13.5. The van der Waals surface area contributed by atoms with Crippen LogP contribution in [-0.2, 0) is 6.54 Å². The quantitative estimate of drug-likeness (QED) is 0.493. The number of hydrogen-bond donors (Lipinski definition) is 0. The first-order valence-corrected chi connectivity index (χ1v) is 5.98. The first-order valence-electron chi connectivity index (χ1n) is 5.98. The molecule has 0 fully saturated rings. The summed E-state index contributed by atoms with van der Waals surface area (Å²) in [5.41, 5.74) is -0.264. The average molecular weight is 295 g/mol. The smallest absolute Gasteiger partial charge is 0.292 e. The summed E-state index contributed by atoms with van der Waals surface area (Å²) in [7, 11) is 0. The minimum absolute atomic E-state index is 0.157. The van der Waals surface area contributed by atoms with Crippen LogP contribution in [0.2, 0.25) is 0 Å². The molecule has 0 atom stereocenters. The van der Waals surface area contributed by atoms with Gasteiger partial charge in [0.2, 0.25) is 0 Å². The van der Waals surface area contributed by atoms with Crippen LogP contribution < -0.4 is 0 Å². The van der Waals surface area contributed by atoms with Gasteiger partial charge in [0.1, 0.15) is 29.6 Å². The first-order chi connectivity index (χ1) is 9.81. The Labute approximate surface area is 118 Å². The zero-order valence-electron chi connectivity index (χ0n) is 11.3. The van der Waals surface area contributed by atoms with Crippen molar-refractivity contribution >= 4 is 11.5 Å². The summed E-state index contributed by atoms with van der Waals surface area (Å²) in [6, 6.07) is 2.55. The Balaban J connectivity index is 2.34. The van der Waals surface area contributed by atoms with Gasteiger partial charge in [0.15, 0.2) is 5.78 Å². The Bertz CT molecular complexity index is 741. The monoisotopic (exact) mass is 295 g/mol. The number of nitro groups is 1. The molecule has 110 valence electrons. The van der Waals surface area contributed by atoms with E-state index in [4.69, 9.17) is 0 Å². The minimum atomic E-state index is -0.850. The van der Waals surface area contributed by atoms with Crippen molar-refractivity contribution in [2.45, 2.75) is 20.4 Å². The van der Waals surface area contributed by atoms with Gasteiger partial charge in [-0.3, -0.25) is 19.6 Å². The fourth-order valence-electron chi connectivity index (χ4n) is 2.04. The van der Waals surface area contributed by atoms with Crippen molar-refractivity contribution in [2.75, 3.05) is 0 Å². The van der Waals surface area contributed by atoms with E-state index >= 15 is 0 Å². The molecule has 1 aromatic heterocycles. The molecular formula is C13H11F2N3O3. The van der Waals surface area contributed by atoms with Gasteiger partial charge in [-0.05, 0) is 32.0 Å². The van der Waals surface area contributed by atoms with Gasteiger partial charge in [0.05, 0.1) is 10.5 Å². The molecule has 2 aromatic rings. The van der Waals surface area contributed by atoms with Crippen LogP contribution in [0.15, 0.2) is 18.2 Å². The third kappa shape index (κ3) is 2.78. The molecule has 1 heterocycles. The molecule has 1 aromatic carbocycles. The van der Waals surface area contributed by atoms with Gasteiger partial charge in [-0.15, -0.1) is 0 Å². The van der Waals surface area contributed by atoms with Crippen molar-refractivity contribution in [3.05, 3.63) is 56.9 Å². The van der Waals surface area contributed by atoms with E-state index in [1.54, 1.807) is 0 Å². The number of carbonyl (C=O) groups is 1. The zero-order valence-corrected chi connectivity index (χ0v) is 11.3. The lowest BCUT2D eigenvalue weighted by Gasteiger charge is -2.04. The van der Waals surface area contributed by atoms with Crippen LogP contribution in [0.5, 0.6) is 0 Å². The molecule has 0 N–H and O–H groups in total. The van der Waals surface area contributed by atoms with Crippen molar-refractivity contribution in [1.29, 1.82) is 0 Å². The summed E-state index contributed by atoms with van der Waals surface area (Å²) >= 11 is 0. The van der Waals surface area contributed by atoms with Crippen molar-refractivity contribution < 1.29 is 18.5 Å². The predicted octanol–water partition coefficient (Wildman–Crippen LogP) is 2.57. The highest BCUT2D eigenvalue weighted by Gasteiger charge is 2.23. The second kappa shape index (κ2) is 5.39. The average Bonchev–Trinajstić information content (AvgIpc) is 2.67. The topological polar surface area (TPSA) is 78.0 Å². The molecule has 0 unspecified atom stereocenters. The molecule has 0 radical (unpaired) electrons. The summed E-state index contributed by atoms with van der Waals surface area (Å²) in [6.07, 6.45) is 0. The molecule has 0 spiro atoms. The standard InChI is InChI=1S/C13H11F2N3O3/c1-7-13(18(20)21)8(2)17(16-7)6-12(19)10-5-9(14)3-4-11(10)15/h3-5H,6H2,1-2H3. The van der Waals surface area contributed by atoms with Gasteiger partial charge in [0.25, 0.3) is 0 Å². The number of benzene rings is 1. The van der Waals surface area contributed by atoms with Crippen LogP contribution in [0.1, 0.15) is 21.7 Å². The maximum absolute atomic E-state index is 13.5. The lowest BCUT2D eigenvalue weighted by molar-refractivity contribution is -0.386. The summed E-state index contributed by atoms with van der Waals surface area (Å²) in [4.78, 5) is 22.3. The second-order valence-electron chi connectivity index (χ2n) is 4.48. The first kappa shape index (κ1) is 14.8. The number of ketones is 1. The van der Waals surface area contributed by atoms with Crippen molar-refractivity contribution in [3.8, 4) is 0 Å². The number of nitrogens with zero attached hydrogens (tertiary/aromatic N) is 3. The van der Waals surface area contributed by atoms with Gasteiger partial charge in [-0.1, -0.05) is 0 Å². The molecule has 6 nitrogen and oxygen atoms in total. The predicted molar refractivity (Wildman–Crippen MR) is 69.0 cm³/mol. The lowest BCUT2D eigenvalue weighted by Crippen LogP contribution is -2.14. The van der Waals surface area contributed by atoms with E-state index in [1.165, 1.54) is 13.8 Å². The Morgan fingerprint density at radius 2 is 2.05 bits per heavy atom. The molecule has 2 rings (SSSR count). The van der Waals surface area contributed by atoms with Gasteiger partial charge >= 0.3 is 5.69 Å². The van der Waals surface area contributed by atoms with Crippen molar-refractivity contribution in [3.63, 3.8) is 0 Å². The van der Waals surface area contributed by atoms with Crippen LogP contribution in [0.3, 0.4) is 0 Å². The highest BCUT2D eigenvalue weighted by molar-refractivity contribution is 5.96.